The molecule has 0 bridgehead atoms. The lowest BCUT2D eigenvalue weighted by Crippen LogP contribution is -2.38. The lowest BCUT2D eigenvalue weighted by atomic mass is 10.1. The second-order valence-corrected chi connectivity index (χ2v) is 4.21. The average Bonchev–Trinajstić information content (AvgIpc) is 2.76. The van der Waals surface area contributed by atoms with Gasteiger partial charge in [-0.15, -0.1) is 0 Å². The molecule has 1 aliphatic heterocycles. The van der Waals surface area contributed by atoms with Gasteiger partial charge >= 0.3 is 0 Å². The molecular weight excluding hydrogens is 237 g/mol. The maximum Gasteiger partial charge on any atom is 0.253 e. The van der Waals surface area contributed by atoms with Crippen LogP contribution in [-0.4, -0.2) is 24.4 Å². The van der Waals surface area contributed by atoms with E-state index in [-0.39, 0.29) is 23.2 Å². The Bertz CT molecular complexity index is 490. The summed E-state index contributed by atoms with van der Waals surface area (Å²) in [4.78, 5) is 22.8. The Morgan fingerprint density at radius 1 is 1.56 bits per heavy atom. The molecule has 2 rings (SSSR count). The van der Waals surface area contributed by atoms with E-state index in [0.29, 0.717) is 19.4 Å². The van der Waals surface area contributed by atoms with Crippen molar-refractivity contribution in [1.82, 2.24) is 10.6 Å². The third-order valence-corrected chi connectivity index (χ3v) is 2.89. The lowest BCUT2D eigenvalue weighted by Gasteiger charge is -2.12. The van der Waals surface area contributed by atoms with E-state index in [0.717, 1.165) is 0 Å². The van der Waals surface area contributed by atoms with E-state index in [2.05, 4.69) is 10.6 Å². The number of hydrogen-bond acceptors (Lipinski definition) is 3. The topological polar surface area (TPSA) is 84.2 Å². The van der Waals surface area contributed by atoms with E-state index in [1.54, 1.807) is 0 Å². The Morgan fingerprint density at radius 2 is 2.33 bits per heavy atom. The zero-order valence-electron chi connectivity index (χ0n) is 9.70. The molecule has 5 nitrogen and oxygen atoms in total. The highest BCUT2D eigenvalue weighted by Gasteiger charge is 2.21. The Morgan fingerprint density at radius 3 is 3.00 bits per heavy atom. The summed E-state index contributed by atoms with van der Waals surface area (Å²) in [6, 6.07) is 4.03. The van der Waals surface area contributed by atoms with E-state index in [1.807, 2.05) is 0 Å². The molecule has 1 aromatic carbocycles. The number of para-hydroxylation sites is 1. The average molecular weight is 251 g/mol. The third kappa shape index (κ3) is 2.58. The van der Waals surface area contributed by atoms with Gasteiger partial charge in [0.05, 0.1) is 11.3 Å². The molecule has 0 aliphatic carbocycles. The van der Waals surface area contributed by atoms with E-state index in [9.17, 15) is 14.0 Å². The fourth-order valence-electron chi connectivity index (χ4n) is 1.88. The van der Waals surface area contributed by atoms with Gasteiger partial charge in [-0.2, -0.15) is 0 Å². The summed E-state index contributed by atoms with van der Waals surface area (Å²) in [5.74, 6) is -1.07. The van der Waals surface area contributed by atoms with E-state index < -0.39 is 11.7 Å². The second kappa shape index (κ2) is 5.03. The van der Waals surface area contributed by atoms with Crippen LogP contribution in [0.1, 0.15) is 23.2 Å². The molecular formula is C12H14FN3O2. The van der Waals surface area contributed by atoms with E-state index in [1.165, 1.54) is 18.2 Å². The van der Waals surface area contributed by atoms with Crippen molar-refractivity contribution >= 4 is 17.5 Å². The van der Waals surface area contributed by atoms with Crippen molar-refractivity contribution in [2.75, 3.05) is 12.3 Å². The first-order valence-corrected chi connectivity index (χ1v) is 5.69. The first-order valence-electron chi connectivity index (χ1n) is 5.69. The third-order valence-electron chi connectivity index (χ3n) is 2.89. The molecule has 1 aliphatic rings. The number of halogens is 1. The van der Waals surface area contributed by atoms with E-state index in [4.69, 9.17) is 5.73 Å². The highest BCUT2D eigenvalue weighted by atomic mass is 19.1. The lowest BCUT2D eigenvalue weighted by molar-refractivity contribution is -0.119. The van der Waals surface area contributed by atoms with Crippen molar-refractivity contribution in [1.29, 1.82) is 0 Å². The quantitative estimate of drug-likeness (QED) is 0.680. The van der Waals surface area contributed by atoms with E-state index >= 15 is 0 Å². The summed E-state index contributed by atoms with van der Waals surface area (Å²) in [5, 5.41) is 5.36. The number of rotatable bonds is 3. The summed E-state index contributed by atoms with van der Waals surface area (Å²) in [5.41, 5.74) is 5.43. The van der Waals surface area contributed by atoms with Crippen LogP contribution in [0.4, 0.5) is 10.1 Å². The molecule has 18 heavy (non-hydrogen) atoms. The van der Waals surface area contributed by atoms with Gasteiger partial charge in [-0.05, 0) is 18.6 Å². The number of benzene rings is 1. The Hall–Kier alpha value is -2.11. The molecule has 0 aromatic heterocycles. The van der Waals surface area contributed by atoms with Gasteiger partial charge in [-0.1, -0.05) is 6.07 Å². The maximum absolute atomic E-state index is 13.2. The van der Waals surface area contributed by atoms with Gasteiger partial charge in [0, 0.05) is 19.0 Å². The van der Waals surface area contributed by atoms with Crippen LogP contribution in [0.3, 0.4) is 0 Å². The minimum absolute atomic E-state index is 0.0143. The Labute approximate surface area is 104 Å². The molecule has 1 saturated heterocycles. The van der Waals surface area contributed by atoms with Gasteiger partial charge in [0.2, 0.25) is 5.91 Å². The molecule has 1 unspecified atom stereocenters. The van der Waals surface area contributed by atoms with Gasteiger partial charge in [0.15, 0.2) is 0 Å². The van der Waals surface area contributed by atoms with Crippen molar-refractivity contribution in [3.05, 3.63) is 29.6 Å². The molecule has 1 aromatic rings. The Kier molecular flexibility index (Phi) is 3.45. The van der Waals surface area contributed by atoms with Gasteiger partial charge in [0.1, 0.15) is 5.82 Å². The zero-order chi connectivity index (χ0) is 13.1. The van der Waals surface area contributed by atoms with Gasteiger partial charge in [0.25, 0.3) is 5.91 Å². The van der Waals surface area contributed by atoms with Crippen LogP contribution in [-0.2, 0) is 4.79 Å². The zero-order valence-corrected chi connectivity index (χ0v) is 9.70. The summed E-state index contributed by atoms with van der Waals surface area (Å²) in [6.45, 7) is 0.320. The molecule has 6 heteroatoms. The fraction of sp³-hybridized carbons (Fsp3) is 0.333. The molecule has 0 radical (unpaired) electrons. The van der Waals surface area contributed by atoms with Crippen LogP contribution in [0.25, 0.3) is 0 Å². The summed E-state index contributed by atoms with van der Waals surface area (Å²) in [7, 11) is 0. The smallest absolute Gasteiger partial charge is 0.253 e. The standard InChI is InChI=1S/C12H14FN3O2/c13-9-3-1-2-8(11(9)14)12(18)15-6-7-4-5-10(17)16-7/h1-3,7H,4-6,14H2,(H,15,18)(H,16,17). The number of amides is 2. The number of carbonyl (C=O) groups excluding carboxylic acids is 2. The van der Waals surface area contributed by atoms with Crippen LogP contribution in [0.5, 0.6) is 0 Å². The predicted octanol–water partition coefficient (Wildman–Crippen LogP) is 0.416. The number of carbonyl (C=O) groups is 2. The summed E-state index contributed by atoms with van der Waals surface area (Å²) >= 11 is 0. The first-order chi connectivity index (χ1) is 8.58. The highest BCUT2D eigenvalue weighted by molar-refractivity contribution is 5.99. The fourth-order valence-corrected chi connectivity index (χ4v) is 1.88. The largest absolute Gasteiger partial charge is 0.396 e. The molecule has 1 atom stereocenters. The SMILES string of the molecule is Nc1c(F)cccc1C(=O)NCC1CCC(=O)N1. The second-order valence-electron chi connectivity index (χ2n) is 4.21. The number of anilines is 1. The molecule has 2 amide bonds. The molecule has 0 saturated carbocycles. The predicted molar refractivity (Wildman–Crippen MR) is 64.3 cm³/mol. The molecule has 1 heterocycles. The van der Waals surface area contributed by atoms with Crippen LogP contribution in [0.2, 0.25) is 0 Å². The van der Waals surface area contributed by atoms with Gasteiger partial charge < -0.3 is 16.4 Å². The summed E-state index contributed by atoms with van der Waals surface area (Å²) < 4.78 is 13.2. The molecule has 96 valence electrons. The van der Waals surface area contributed by atoms with Crippen molar-refractivity contribution < 1.29 is 14.0 Å². The number of nitrogens with one attached hydrogen (secondary N) is 2. The maximum atomic E-state index is 13.2. The van der Waals surface area contributed by atoms with Crippen LogP contribution < -0.4 is 16.4 Å². The van der Waals surface area contributed by atoms with Crippen molar-refractivity contribution in [3.63, 3.8) is 0 Å². The number of nitrogen functional groups attached to an aromatic ring is 1. The van der Waals surface area contributed by atoms with Gasteiger partial charge in [-0.3, -0.25) is 9.59 Å². The van der Waals surface area contributed by atoms with Crippen molar-refractivity contribution in [2.24, 2.45) is 0 Å². The highest BCUT2D eigenvalue weighted by Crippen LogP contribution is 2.15. The normalized spacial score (nSPS) is 18.5. The Balaban J connectivity index is 1.95. The molecule has 1 fully saturated rings. The van der Waals surface area contributed by atoms with Crippen LogP contribution in [0, 0.1) is 5.82 Å². The van der Waals surface area contributed by atoms with Crippen molar-refractivity contribution in [2.45, 2.75) is 18.9 Å². The minimum atomic E-state index is -0.614. The van der Waals surface area contributed by atoms with Crippen molar-refractivity contribution in [3.8, 4) is 0 Å². The molecule has 0 spiro atoms. The monoisotopic (exact) mass is 251 g/mol. The number of nitrogens with two attached hydrogens (primary N) is 1. The number of hydrogen-bond donors (Lipinski definition) is 3. The minimum Gasteiger partial charge on any atom is -0.396 e. The molecule has 4 N–H and O–H groups in total. The van der Waals surface area contributed by atoms with Crippen LogP contribution >= 0.6 is 0 Å². The van der Waals surface area contributed by atoms with Crippen LogP contribution in [0.15, 0.2) is 18.2 Å². The van der Waals surface area contributed by atoms with Gasteiger partial charge in [-0.25, -0.2) is 4.39 Å². The first kappa shape index (κ1) is 12.3. The summed E-state index contributed by atoms with van der Waals surface area (Å²) in [6.07, 6.45) is 1.17.